The highest BCUT2D eigenvalue weighted by atomic mass is 16.7. The van der Waals surface area contributed by atoms with Crippen LogP contribution < -0.4 is 5.56 Å². The molecule has 0 spiro atoms. The Labute approximate surface area is 233 Å². The number of methoxy groups -OCH3 is 2. The average molecular weight is 552 g/mol. The zero-order chi connectivity index (χ0) is 28.8. The molecular formula is C30H37N3O7. The van der Waals surface area contributed by atoms with Crippen LogP contribution in [0.15, 0.2) is 71.2 Å². The predicted octanol–water partition coefficient (Wildman–Crippen LogP) is 2.98. The molecule has 10 nitrogen and oxygen atoms in total. The van der Waals surface area contributed by atoms with Crippen LogP contribution in [0.3, 0.4) is 0 Å². The van der Waals surface area contributed by atoms with Gasteiger partial charge in [0.2, 0.25) is 6.29 Å². The maximum absolute atomic E-state index is 13.8. The number of para-hydroxylation sites is 1. The Morgan fingerprint density at radius 2 is 1.75 bits per heavy atom. The zero-order valence-corrected chi connectivity index (χ0v) is 23.6. The molecule has 3 aromatic rings. The van der Waals surface area contributed by atoms with Gasteiger partial charge in [0.25, 0.3) is 11.5 Å². The van der Waals surface area contributed by atoms with Gasteiger partial charge in [-0.05, 0) is 36.3 Å². The number of carbonyl (C=O) groups excluding carboxylic acids is 1. The zero-order valence-electron chi connectivity index (χ0n) is 23.6. The van der Waals surface area contributed by atoms with E-state index in [2.05, 4.69) is 0 Å². The number of aromatic nitrogens is 2. The molecule has 2 atom stereocenters. The van der Waals surface area contributed by atoms with Crippen molar-refractivity contribution in [2.24, 2.45) is 7.05 Å². The molecular weight excluding hydrogens is 514 g/mol. The lowest BCUT2D eigenvalue weighted by Crippen LogP contribution is -2.39. The lowest BCUT2D eigenvalue weighted by atomic mass is 9.93. The quantitative estimate of drug-likeness (QED) is 0.366. The fraction of sp³-hybridized carbons (Fsp3) is 0.400. The lowest BCUT2D eigenvalue weighted by molar-refractivity contribution is -0.160. The summed E-state index contributed by atoms with van der Waals surface area (Å²) in [5, 5.41) is 9.31. The molecule has 0 radical (unpaired) electrons. The molecule has 40 heavy (non-hydrogen) atoms. The number of aliphatic hydroxyl groups is 1. The molecule has 0 unspecified atom stereocenters. The Balaban J connectivity index is 1.66. The summed E-state index contributed by atoms with van der Waals surface area (Å²) in [6.45, 7) is 2.28. The van der Waals surface area contributed by atoms with E-state index in [4.69, 9.17) is 18.9 Å². The van der Waals surface area contributed by atoms with E-state index in [0.29, 0.717) is 12.0 Å². The SMILES string of the molecule is COC(CN(C)C(=O)C1=C[C@@H](c2c(C)n(C)n(-c3ccccc3)c2=O)C[C@@H](OCc2ccc(CO)cc2)O1)OC. The van der Waals surface area contributed by atoms with E-state index in [0.717, 1.165) is 22.5 Å². The van der Waals surface area contributed by atoms with Crippen LogP contribution in [0.2, 0.25) is 0 Å². The van der Waals surface area contributed by atoms with Crippen molar-refractivity contribution in [2.45, 2.75) is 45.1 Å². The number of nitrogens with zero attached hydrogens (tertiary/aromatic N) is 3. The second-order valence-corrected chi connectivity index (χ2v) is 9.77. The molecule has 1 amide bonds. The van der Waals surface area contributed by atoms with Gasteiger partial charge in [0.05, 0.1) is 25.4 Å². The number of hydrogen-bond acceptors (Lipinski definition) is 7. The first-order valence-electron chi connectivity index (χ1n) is 13.1. The molecule has 2 heterocycles. The highest BCUT2D eigenvalue weighted by Crippen LogP contribution is 2.33. The van der Waals surface area contributed by atoms with Crippen LogP contribution in [-0.2, 0) is 44.0 Å². The fourth-order valence-electron chi connectivity index (χ4n) is 4.80. The van der Waals surface area contributed by atoms with Crippen molar-refractivity contribution < 1.29 is 28.8 Å². The molecule has 1 N–H and O–H groups in total. The Kier molecular flexibility index (Phi) is 9.59. The van der Waals surface area contributed by atoms with Crippen LogP contribution in [0.5, 0.6) is 0 Å². The number of hydrogen-bond donors (Lipinski definition) is 1. The van der Waals surface area contributed by atoms with Gasteiger partial charge in [-0.1, -0.05) is 42.5 Å². The molecule has 1 aromatic heterocycles. The first kappa shape index (κ1) is 29.3. The van der Waals surface area contributed by atoms with Crippen molar-refractivity contribution in [3.05, 3.63) is 99.2 Å². The van der Waals surface area contributed by atoms with Crippen molar-refractivity contribution in [2.75, 3.05) is 27.8 Å². The molecule has 0 saturated carbocycles. The van der Waals surface area contributed by atoms with E-state index >= 15 is 0 Å². The van der Waals surface area contributed by atoms with E-state index < -0.39 is 18.5 Å². The third-order valence-electron chi connectivity index (χ3n) is 7.17. The first-order chi connectivity index (χ1) is 19.3. The summed E-state index contributed by atoms with van der Waals surface area (Å²) in [6, 6.07) is 16.8. The second-order valence-electron chi connectivity index (χ2n) is 9.77. The summed E-state index contributed by atoms with van der Waals surface area (Å²) in [4.78, 5) is 28.7. The van der Waals surface area contributed by atoms with E-state index in [9.17, 15) is 14.7 Å². The molecule has 1 aliphatic heterocycles. The van der Waals surface area contributed by atoms with Gasteiger partial charge in [0.1, 0.15) is 0 Å². The average Bonchev–Trinajstić information content (AvgIpc) is 3.21. The second kappa shape index (κ2) is 13.1. The van der Waals surface area contributed by atoms with Crippen LogP contribution in [0, 0.1) is 6.92 Å². The van der Waals surface area contributed by atoms with Crippen LogP contribution >= 0.6 is 0 Å². The Bertz CT molecular complexity index is 1370. The first-order valence-corrected chi connectivity index (χ1v) is 13.1. The van der Waals surface area contributed by atoms with E-state index in [1.165, 1.54) is 19.1 Å². The standard InChI is InChI=1S/C30H37N3O7/c1-20-28(30(36)33(32(20)3)24-9-7-6-8-10-24)23-15-25(29(35)31(2)17-27(37-4)38-5)40-26(16-23)39-19-22-13-11-21(18-34)12-14-22/h6-15,23,26-27,34H,16-19H2,1-5H3/t23-,26+/m1/s1. The van der Waals surface area contributed by atoms with Gasteiger partial charge in [-0.3, -0.25) is 14.3 Å². The van der Waals surface area contributed by atoms with Crippen LogP contribution in [0.4, 0.5) is 0 Å². The summed E-state index contributed by atoms with van der Waals surface area (Å²) in [5.41, 5.74) is 3.65. The van der Waals surface area contributed by atoms with Crippen molar-refractivity contribution in [3.63, 3.8) is 0 Å². The number of likely N-dealkylation sites (N-methyl/N-ethyl adjacent to an activating group) is 1. The molecule has 2 aromatic carbocycles. The molecule has 10 heteroatoms. The number of amides is 1. The maximum Gasteiger partial charge on any atom is 0.288 e. The monoisotopic (exact) mass is 551 g/mol. The van der Waals surface area contributed by atoms with Crippen LogP contribution in [-0.4, -0.2) is 65.7 Å². The smallest absolute Gasteiger partial charge is 0.288 e. The Morgan fingerprint density at radius 1 is 1.10 bits per heavy atom. The van der Waals surface area contributed by atoms with E-state index in [1.807, 2.05) is 73.3 Å². The molecule has 0 fully saturated rings. The highest BCUT2D eigenvalue weighted by Gasteiger charge is 2.34. The Morgan fingerprint density at radius 3 is 2.38 bits per heavy atom. The van der Waals surface area contributed by atoms with Gasteiger partial charge in [0, 0.05) is 51.9 Å². The van der Waals surface area contributed by atoms with Crippen molar-refractivity contribution in [1.29, 1.82) is 0 Å². The molecule has 0 bridgehead atoms. The van der Waals surface area contributed by atoms with Gasteiger partial charge < -0.3 is 29.0 Å². The van der Waals surface area contributed by atoms with Crippen LogP contribution in [0.1, 0.15) is 34.7 Å². The molecule has 214 valence electrons. The van der Waals surface area contributed by atoms with Crippen molar-refractivity contribution in [1.82, 2.24) is 14.3 Å². The summed E-state index contributed by atoms with van der Waals surface area (Å²) < 4.78 is 26.1. The molecule has 1 aliphatic rings. The third-order valence-corrected chi connectivity index (χ3v) is 7.17. The topological polar surface area (TPSA) is 104 Å². The van der Waals surface area contributed by atoms with Crippen molar-refractivity contribution in [3.8, 4) is 5.69 Å². The molecule has 0 aliphatic carbocycles. The maximum atomic E-state index is 13.8. The summed E-state index contributed by atoms with van der Waals surface area (Å²) in [7, 11) is 6.49. The van der Waals surface area contributed by atoms with Gasteiger partial charge in [0.15, 0.2) is 12.0 Å². The summed E-state index contributed by atoms with van der Waals surface area (Å²) >= 11 is 0. The van der Waals surface area contributed by atoms with Gasteiger partial charge in [-0.25, -0.2) is 4.68 Å². The fourth-order valence-corrected chi connectivity index (χ4v) is 4.80. The minimum Gasteiger partial charge on any atom is -0.459 e. The minimum atomic E-state index is -0.773. The summed E-state index contributed by atoms with van der Waals surface area (Å²) in [5.74, 6) is -0.701. The normalized spacial score (nSPS) is 17.0. The molecule has 0 saturated heterocycles. The summed E-state index contributed by atoms with van der Waals surface area (Å²) in [6.07, 6.45) is 0.688. The minimum absolute atomic E-state index is 0.0394. The number of aliphatic hydroxyl groups excluding tert-OH is 1. The third kappa shape index (κ3) is 6.37. The number of benzene rings is 2. The van der Waals surface area contributed by atoms with Crippen LogP contribution in [0.25, 0.3) is 5.69 Å². The number of allylic oxidation sites excluding steroid dienone is 1. The van der Waals surface area contributed by atoms with E-state index in [-0.39, 0.29) is 37.0 Å². The largest absolute Gasteiger partial charge is 0.459 e. The number of ether oxygens (including phenoxy) is 4. The van der Waals surface area contributed by atoms with Gasteiger partial charge in [-0.2, -0.15) is 0 Å². The van der Waals surface area contributed by atoms with Crippen molar-refractivity contribution >= 4 is 5.91 Å². The Hall–Kier alpha value is -3.70. The van der Waals surface area contributed by atoms with Gasteiger partial charge in [-0.15, -0.1) is 0 Å². The number of rotatable bonds is 11. The number of carbonyl (C=O) groups is 1. The predicted molar refractivity (Wildman–Crippen MR) is 149 cm³/mol. The highest BCUT2D eigenvalue weighted by molar-refractivity contribution is 5.91. The lowest BCUT2D eigenvalue weighted by Gasteiger charge is -2.31. The van der Waals surface area contributed by atoms with Gasteiger partial charge >= 0.3 is 0 Å². The molecule has 4 rings (SSSR count). The van der Waals surface area contributed by atoms with E-state index in [1.54, 1.807) is 17.8 Å².